The van der Waals surface area contributed by atoms with Gasteiger partial charge >= 0.3 is 0 Å². The van der Waals surface area contributed by atoms with E-state index in [1.165, 1.54) is 24.4 Å². The number of piperidine rings is 1. The smallest absolute Gasteiger partial charge is 0.263 e. The average molecular weight is 463 g/mol. The number of halogens is 1. The molecule has 0 aliphatic carbocycles. The van der Waals surface area contributed by atoms with Crippen LogP contribution in [0, 0.1) is 0 Å². The molecule has 1 aromatic heterocycles. The lowest BCUT2D eigenvalue weighted by Gasteiger charge is -2.40. The Balaban J connectivity index is 1.59. The predicted molar refractivity (Wildman–Crippen MR) is 120 cm³/mol. The summed E-state index contributed by atoms with van der Waals surface area (Å²) >= 11 is 7.56. The minimum absolute atomic E-state index is 0.0656. The van der Waals surface area contributed by atoms with E-state index in [1.54, 1.807) is 6.07 Å². The van der Waals surface area contributed by atoms with E-state index >= 15 is 0 Å². The zero-order valence-electron chi connectivity index (χ0n) is 16.5. The van der Waals surface area contributed by atoms with Crippen LogP contribution in [0.15, 0.2) is 59.8 Å². The van der Waals surface area contributed by atoms with E-state index in [0.717, 1.165) is 36.5 Å². The molecule has 1 fully saturated rings. The molecule has 4 rings (SSSR count). The van der Waals surface area contributed by atoms with Gasteiger partial charge in [-0.3, -0.25) is 9.62 Å². The first kappa shape index (κ1) is 21.2. The normalized spacial score (nSPS) is 18.8. The maximum atomic E-state index is 12.6. The van der Waals surface area contributed by atoms with Crippen molar-refractivity contribution in [3.63, 3.8) is 0 Å². The highest BCUT2D eigenvalue weighted by molar-refractivity contribution is 7.93. The van der Waals surface area contributed by atoms with Crippen molar-refractivity contribution in [3.05, 3.63) is 71.0 Å². The van der Waals surface area contributed by atoms with Crippen molar-refractivity contribution in [1.29, 1.82) is 0 Å². The monoisotopic (exact) mass is 462 g/mol. The van der Waals surface area contributed by atoms with Crippen molar-refractivity contribution in [1.82, 2.24) is 14.3 Å². The first-order valence-electron chi connectivity index (χ1n) is 9.85. The summed E-state index contributed by atoms with van der Waals surface area (Å²) in [4.78, 5) is 6.45. The van der Waals surface area contributed by atoms with Crippen LogP contribution < -0.4 is 4.72 Å². The molecular weight excluding hydrogens is 440 g/mol. The molecule has 2 atom stereocenters. The quantitative estimate of drug-likeness (QED) is 0.539. The Morgan fingerprint density at radius 1 is 1.20 bits per heavy atom. The minimum Gasteiger partial charge on any atom is -0.290 e. The van der Waals surface area contributed by atoms with Crippen LogP contribution in [0.5, 0.6) is 0 Å². The van der Waals surface area contributed by atoms with E-state index < -0.39 is 10.0 Å². The number of likely N-dealkylation sites (tertiary alicyclic amines) is 1. The Bertz CT molecular complexity index is 1090. The van der Waals surface area contributed by atoms with Crippen molar-refractivity contribution in [2.24, 2.45) is 0 Å². The van der Waals surface area contributed by atoms with Gasteiger partial charge in [-0.15, -0.1) is 0 Å². The maximum absolute atomic E-state index is 12.6. The van der Waals surface area contributed by atoms with Gasteiger partial charge < -0.3 is 0 Å². The van der Waals surface area contributed by atoms with Gasteiger partial charge in [0.15, 0.2) is 0 Å². The molecule has 1 aliphatic heterocycles. The van der Waals surface area contributed by atoms with Crippen LogP contribution in [-0.2, 0) is 10.0 Å². The lowest BCUT2D eigenvalue weighted by atomic mass is 9.92. The summed E-state index contributed by atoms with van der Waals surface area (Å²) in [7, 11) is -3.77. The van der Waals surface area contributed by atoms with Crippen LogP contribution in [0.3, 0.4) is 0 Å². The first-order chi connectivity index (χ1) is 14.5. The zero-order chi connectivity index (χ0) is 21.1. The molecule has 1 N–H and O–H groups in total. The highest BCUT2D eigenvalue weighted by Crippen LogP contribution is 2.39. The molecule has 9 heteroatoms. The van der Waals surface area contributed by atoms with E-state index in [-0.39, 0.29) is 16.1 Å². The molecule has 0 bridgehead atoms. The molecule has 0 saturated carbocycles. The Kier molecular flexibility index (Phi) is 6.38. The van der Waals surface area contributed by atoms with E-state index in [4.69, 9.17) is 11.6 Å². The number of aromatic nitrogens is 2. The number of nitrogens with one attached hydrogen (secondary N) is 1. The molecule has 30 heavy (non-hydrogen) atoms. The van der Waals surface area contributed by atoms with Crippen molar-refractivity contribution in [2.45, 2.75) is 43.2 Å². The second-order valence-corrected chi connectivity index (χ2v) is 10.2. The van der Waals surface area contributed by atoms with Gasteiger partial charge in [0, 0.05) is 28.6 Å². The topological polar surface area (TPSA) is 75.2 Å². The molecule has 1 aliphatic rings. The number of sulfonamides is 1. The van der Waals surface area contributed by atoms with Gasteiger partial charge in [0.05, 0.1) is 4.90 Å². The van der Waals surface area contributed by atoms with Gasteiger partial charge in [0.25, 0.3) is 10.0 Å². The Labute approximate surface area is 186 Å². The Morgan fingerprint density at radius 3 is 2.70 bits per heavy atom. The van der Waals surface area contributed by atoms with Crippen molar-refractivity contribution >= 4 is 38.3 Å². The molecule has 3 aromatic rings. The molecule has 1 saturated heterocycles. The fourth-order valence-electron chi connectivity index (χ4n) is 4.04. The largest absolute Gasteiger partial charge is 0.290 e. The molecule has 2 aromatic carbocycles. The number of benzene rings is 2. The Morgan fingerprint density at radius 2 is 2.00 bits per heavy atom. The minimum atomic E-state index is -3.77. The van der Waals surface area contributed by atoms with E-state index in [1.807, 2.05) is 12.1 Å². The second-order valence-electron chi connectivity index (χ2n) is 7.37. The van der Waals surface area contributed by atoms with Crippen LogP contribution in [0.1, 0.15) is 49.4 Å². The summed E-state index contributed by atoms with van der Waals surface area (Å²) in [5, 5.41) is 0.669. The third-order valence-electron chi connectivity index (χ3n) is 5.54. The van der Waals surface area contributed by atoms with Gasteiger partial charge in [-0.2, -0.15) is 4.37 Å². The van der Waals surface area contributed by atoms with Crippen LogP contribution in [0.2, 0.25) is 5.02 Å². The summed E-state index contributed by atoms with van der Waals surface area (Å²) in [6.45, 7) is 3.12. The third kappa shape index (κ3) is 4.51. The van der Waals surface area contributed by atoms with Crippen molar-refractivity contribution in [2.75, 3.05) is 11.3 Å². The number of anilines is 1. The first-order valence-corrected chi connectivity index (χ1v) is 12.5. The number of rotatable bonds is 6. The van der Waals surface area contributed by atoms with Gasteiger partial charge in [0.2, 0.25) is 5.13 Å². The van der Waals surface area contributed by atoms with E-state index in [0.29, 0.717) is 11.1 Å². The fraction of sp³-hybridized carbons (Fsp3) is 0.333. The predicted octanol–water partition coefficient (Wildman–Crippen LogP) is 5.28. The van der Waals surface area contributed by atoms with Crippen LogP contribution >= 0.6 is 23.1 Å². The SMILES string of the molecule is C[C@@H](c1ccc(S(=O)(=O)Nc2ncns2)cc1Cl)N1CCCCC1c1ccccc1. The standard InChI is InChI=1S/C21H23ClN4O2S2/c1-15(26-12-6-5-9-20(26)16-7-3-2-4-8-16)18-11-10-17(13-19(18)22)30(27,28)25-21-23-14-24-29-21/h2-4,7-8,10-11,13-15,20H,5-6,9,12H2,1H3,(H,23,24,25)/t15-,20?/m0/s1. The lowest BCUT2D eigenvalue weighted by molar-refractivity contribution is 0.103. The van der Waals surface area contributed by atoms with Gasteiger partial charge in [0.1, 0.15) is 6.33 Å². The zero-order valence-corrected chi connectivity index (χ0v) is 18.9. The summed E-state index contributed by atoms with van der Waals surface area (Å²) in [5.74, 6) is 0. The number of hydrogen-bond acceptors (Lipinski definition) is 6. The highest BCUT2D eigenvalue weighted by Gasteiger charge is 2.30. The molecule has 0 amide bonds. The Hall–Kier alpha value is -2.00. The van der Waals surface area contributed by atoms with Gasteiger partial charge in [-0.25, -0.2) is 13.4 Å². The third-order valence-corrected chi connectivity index (χ3v) is 7.91. The summed E-state index contributed by atoms with van der Waals surface area (Å²) < 4.78 is 31.5. The van der Waals surface area contributed by atoms with Gasteiger partial charge in [-0.1, -0.05) is 54.4 Å². The summed E-state index contributed by atoms with van der Waals surface area (Å²) in [6, 6.07) is 15.8. The molecule has 0 radical (unpaired) electrons. The molecular formula is C21H23ClN4O2S2. The number of hydrogen-bond donors (Lipinski definition) is 1. The van der Waals surface area contributed by atoms with Crippen molar-refractivity contribution < 1.29 is 8.42 Å². The number of nitrogens with zero attached hydrogens (tertiary/aromatic N) is 3. The van der Waals surface area contributed by atoms with E-state index in [9.17, 15) is 8.42 Å². The highest BCUT2D eigenvalue weighted by atomic mass is 35.5. The molecule has 158 valence electrons. The van der Waals surface area contributed by atoms with Crippen LogP contribution in [0.4, 0.5) is 5.13 Å². The van der Waals surface area contributed by atoms with Gasteiger partial charge in [-0.05, 0) is 49.6 Å². The van der Waals surface area contributed by atoms with E-state index in [2.05, 4.69) is 50.2 Å². The molecule has 1 unspecified atom stereocenters. The van der Waals surface area contributed by atoms with Crippen molar-refractivity contribution in [3.8, 4) is 0 Å². The fourth-order valence-corrected chi connectivity index (χ4v) is 6.13. The van der Waals surface area contributed by atoms with Crippen LogP contribution in [-0.4, -0.2) is 29.2 Å². The second kappa shape index (κ2) is 9.01. The average Bonchev–Trinajstić information content (AvgIpc) is 3.26. The summed E-state index contributed by atoms with van der Waals surface area (Å²) in [5.41, 5.74) is 2.23. The molecule has 2 heterocycles. The molecule has 0 spiro atoms. The maximum Gasteiger partial charge on any atom is 0.263 e. The molecule has 6 nitrogen and oxygen atoms in total. The van der Waals surface area contributed by atoms with Crippen LogP contribution in [0.25, 0.3) is 0 Å². The summed E-state index contributed by atoms with van der Waals surface area (Å²) in [6.07, 6.45) is 4.75. The lowest BCUT2D eigenvalue weighted by Crippen LogP contribution is -2.35.